The maximum atomic E-state index is 4.40. The van der Waals surface area contributed by atoms with E-state index in [2.05, 4.69) is 63.7 Å². The van der Waals surface area contributed by atoms with Crippen LogP contribution in [0.4, 0.5) is 11.4 Å². The molecule has 0 atom stereocenters. The lowest BCUT2D eigenvalue weighted by Crippen LogP contribution is -2.33. The third kappa shape index (κ3) is 3.66. The van der Waals surface area contributed by atoms with Gasteiger partial charge in [0.2, 0.25) is 0 Å². The molecule has 3 heteroatoms. The van der Waals surface area contributed by atoms with Crippen molar-refractivity contribution in [3.8, 4) is 11.3 Å². The number of hydrogen-bond acceptors (Lipinski definition) is 3. The normalized spacial score (nSPS) is 13.4. The quantitative estimate of drug-likeness (QED) is 0.741. The first kappa shape index (κ1) is 15.7. The lowest BCUT2D eigenvalue weighted by molar-refractivity contribution is 0.698. The van der Waals surface area contributed by atoms with Gasteiger partial charge in [-0.2, -0.15) is 0 Å². The third-order valence-electron chi connectivity index (χ3n) is 4.76. The van der Waals surface area contributed by atoms with Gasteiger partial charge in [-0.1, -0.05) is 36.4 Å². The summed E-state index contributed by atoms with van der Waals surface area (Å²) in [5.74, 6) is 0. The monoisotopic (exact) mass is 329 g/mol. The number of nitrogens with zero attached hydrogens (tertiary/aromatic N) is 2. The fraction of sp³-hybridized carbons (Fsp3) is 0.227. The zero-order chi connectivity index (χ0) is 16.9. The van der Waals surface area contributed by atoms with Gasteiger partial charge in [0.1, 0.15) is 0 Å². The van der Waals surface area contributed by atoms with Gasteiger partial charge < -0.3 is 10.2 Å². The van der Waals surface area contributed by atoms with Crippen molar-refractivity contribution in [1.82, 2.24) is 4.98 Å². The molecule has 0 aliphatic carbocycles. The van der Waals surface area contributed by atoms with Crippen LogP contribution in [0.3, 0.4) is 0 Å². The molecule has 3 aromatic rings. The summed E-state index contributed by atoms with van der Waals surface area (Å²) in [5.41, 5.74) is 6.20. The highest BCUT2D eigenvalue weighted by atomic mass is 15.1. The van der Waals surface area contributed by atoms with Crippen molar-refractivity contribution in [3.63, 3.8) is 0 Å². The van der Waals surface area contributed by atoms with Crippen LogP contribution in [0, 0.1) is 0 Å². The highest BCUT2D eigenvalue weighted by Gasteiger charge is 2.15. The van der Waals surface area contributed by atoms with E-state index in [4.69, 9.17) is 0 Å². The van der Waals surface area contributed by atoms with Gasteiger partial charge in [0.25, 0.3) is 0 Å². The Balaban J connectivity index is 1.35. The highest BCUT2D eigenvalue weighted by molar-refractivity contribution is 5.62. The number of anilines is 2. The van der Waals surface area contributed by atoms with Crippen LogP contribution in [-0.4, -0.2) is 24.6 Å². The van der Waals surface area contributed by atoms with Crippen LogP contribution in [0.25, 0.3) is 11.3 Å². The fourth-order valence-corrected chi connectivity index (χ4v) is 3.47. The van der Waals surface area contributed by atoms with Crippen molar-refractivity contribution < 1.29 is 0 Å². The van der Waals surface area contributed by atoms with Crippen molar-refractivity contribution >= 4 is 11.4 Å². The SMILES string of the molecule is c1ccc(-c2ccc(NCCN3CCCc4ccccc43)cc2)nc1. The molecule has 1 aliphatic heterocycles. The number of rotatable bonds is 5. The van der Waals surface area contributed by atoms with Crippen LogP contribution in [0.5, 0.6) is 0 Å². The van der Waals surface area contributed by atoms with Crippen LogP contribution in [0.15, 0.2) is 72.9 Å². The number of nitrogens with one attached hydrogen (secondary N) is 1. The molecule has 0 radical (unpaired) electrons. The summed E-state index contributed by atoms with van der Waals surface area (Å²) in [6, 6.07) is 23.3. The van der Waals surface area contributed by atoms with Crippen LogP contribution >= 0.6 is 0 Å². The molecule has 2 heterocycles. The lowest BCUT2D eigenvalue weighted by atomic mass is 10.0. The summed E-state index contributed by atoms with van der Waals surface area (Å²) in [6.07, 6.45) is 4.28. The number of benzene rings is 2. The minimum Gasteiger partial charge on any atom is -0.383 e. The Morgan fingerprint density at radius 2 is 1.76 bits per heavy atom. The van der Waals surface area contributed by atoms with Crippen LogP contribution in [0.1, 0.15) is 12.0 Å². The van der Waals surface area contributed by atoms with E-state index in [1.807, 2.05) is 24.4 Å². The van der Waals surface area contributed by atoms with E-state index >= 15 is 0 Å². The molecule has 0 amide bonds. The van der Waals surface area contributed by atoms with Gasteiger partial charge in [0.15, 0.2) is 0 Å². The van der Waals surface area contributed by atoms with Crippen LogP contribution in [-0.2, 0) is 6.42 Å². The number of pyridine rings is 1. The number of hydrogen-bond donors (Lipinski definition) is 1. The average Bonchev–Trinajstić information content (AvgIpc) is 2.69. The second kappa shape index (κ2) is 7.39. The molecule has 25 heavy (non-hydrogen) atoms. The molecule has 3 nitrogen and oxygen atoms in total. The first-order chi connectivity index (χ1) is 12.4. The molecule has 0 spiro atoms. The maximum absolute atomic E-state index is 4.40. The van der Waals surface area contributed by atoms with Crippen molar-refractivity contribution in [2.24, 2.45) is 0 Å². The van der Waals surface area contributed by atoms with E-state index in [1.165, 1.54) is 24.1 Å². The summed E-state index contributed by atoms with van der Waals surface area (Å²) in [5, 5.41) is 3.54. The predicted octanol–water partition coefficient (Wildman–Crippen LogP) is 4.61. The van der Waals surface area contributed by atoms with E-state index in [-0.39, 0.29) is 0 Å². The fourth-order valence-electron chi connectivity index (χ4n) is 3.47. The van der Waals surface area contributed by atoms with Crippen molar-refractivity contribution in [2.45, 2.75) is 12.8 Å². The average molecular weight is 329 g/mol. The third-order valence-corrected chi connectivity index (χ3v) is 4.76. The molecule has 0 bridgehead atoms. The largest absolute Gasteiger partial charge is 0.383 e. The number of aryl methyl sites for hydroxylation is 1. The zero-order valence-electron chi connectivity index (χ0n) is 14.4. The highest BCUT2D eigenvalue weighted by Crippen LogP contribution is 2.26. The first-order valence-electron chi connectivity index (χ1n) is 8.98. The topological polar surface area (TPSA) is 28.2 Å². The van der Waals surface area contributed by atoms with Gasteiger partial charge in [-0.3, -0.25) is 4.98 Å². The Hall–Kier alpha value is -2.81. The summed E-state index contributed by atoms with van der Waals surface area (Å²) < 4.78 is 0. The Kier molecular flexibility index (Phi) is 4.64. The number of fused-ring (bicyclic) bond motifs is 1. The number of aromatic nitrogens is 1. The molecule has 4 rings (SSSR count). The Morgan fingerprint density at radius 3 is 2.60 bits per heavy atom. The second-order valence-electron chi connectivity index (χ2n) is 6.44. The summed E-state index contributed by atoms with van der Waals surface area (Å²) in [7, 11) is 0. The van der Waals surface area contributed by atoms with Gasteiger partial charge >= 0.3 is 0 Å². The summed E-state index contributed by atoms with van der Waals surface area (Å²) in [6.45, 7) is 3.12. The molecule has 0 unspecified atom stereocenters. The Morgan fingerprint density at radius 1 is 0.920 bits per heavy atom. The molecule has 1 N–H and O–H groups in total. The van der Waals surface area contributed by atoms with E-state index in [1.54, 1.807) is 0 Å². The van der Waals surface area contributed by atoms with Crippen LogP contribution in [0.2, 0.25) is 0 Å². The standard InChI is InChI=1S/C22H23N3/c1-2-9-22-19(6-1)7-5-16-25(22)17-15-23-20-12-10-18(11-13-20)21-8-3-4-14-24-21/h1-4,6,8-14,23H,5,7,15-17H2. The van der Waals surface area contributed by atoms with E-state index in [0.717, 1.165) is 36.6 Å². The smallest absolute Gasteiger partial charge is 0.0701 e. The molecule has 0 saturated heterocycles. The van der Waals surface area contributed by atoms with Gasteiger partial charge in [0.05, 0.1) is 5.69 Å². The Labute approximate surface area is 149 Å². The van der Waals surface area contributed by atoms with Gasteiger partial charge in [-0.15, -0.1) is 0 Å². The van der Waals surface area contributed by atoms with E-state index < -0.39 is 0 Å². The summed E-state index contributed by atoms with van der Waals surface area (Å²) >= 11 is 0. The molecule has 1 aromatic heterocycles. The zero-order valence-corrected chi connectivity index (χ0v) is 14.4. The maximum Gasteiger partial charge on any atom is 0.0701 e. The minimum absolute atomic E-state index is 0.942. The van der Waals surface area contributed by atoms with Crippen molar-refractivity contribution in [2.75, 3.05) is 29.9 Å². The van der Waals surface area contributed by atoms with Gasteiger partial charge in [0, 0.05) is 42.8 Å². The van der Waals surface area contributed by atoms with Crippen LogP contribution < -0.4 is 10.2 Å². The molecular formula is C22H23N3. The van der Waals surface area contributed by atoms with Gasteiger partial charge in [-0.05, 0) is 48.7 Å². The molecule has 1 aliphatic rings. The second-order valence-corrected chi connectivity index (χ2v) is 6.44. The van der Waals surface area contributed by atoms with E-state index in [0.29, 0.717) is 0 Å². The van der Waals surface area contributed by atoms with Gasteiger partial charge in [-0.25, -0.2) is 0 Å². The molecule has 2 aromatic carbocycles. The van der Waals surface area contributed by atoms with E-state index in [9.17, 15) is 0 Å². The number of para-hydroxylation sites is 1. The minimum atomic E-state index is 0.942. The molecule has 126 valence electrons. The van der Waals surface area contributed by atoms with Crippen molar-refractivity contribution in [3.05, 3.63) is 78.5 Å². The molecule has 0 fully saturated rings. The van der Waals surface area contributed by atoms with Crippen molar-refractivity contribution in [1.29, 1.82) is 0 Å². The molecular weight excluding hydrogens is 306 g/mol. The summed E-state index contributed by atoms with van der Waals surface area (Å²) in [4.78, 5) is 6.89. The first-order valence-corrected chi connectivity index (χ1v) is 8.98. The lowest BCUT2D eigenvalue weighted by Gasteiger charge is -2.31. The molecule has 0 saturated carbocycles. The predicted molar refractivity (Wildman–Crippen MR) is 105 cm³/mol. The Bertz CT molecular complexity index is 812.